The summed E-state index contributed by atoms with van der Waals surface area (Å²) in [6.45, 7) is -0.129. The zero-order valence-corrected chi connectivity index (χ0v) is 19.9. The molecule has 0 aliphatic rings. The number of nitrogen functional groups attached to an aromatic ring is 1. The maximum Gasteiger partial charge on any atom is 0.490 e. The highest BCUT2D eigenvalue weighted by molar-refractivity contribution is 8.01. The third-order valence-electron chi connectivity index (χ3n) is 4.29. The molecule has 2 aromatic carbocycles. The van der Waals surface area contributed by atoms with Gasteiger partial charge in [-0.05, 0) is 41.1 Å². The molecule has 0 aliphatic heterocycles. The number of hydrogen-bond acceptors (Lipinski definition) is 7. The molecule has 3 aromatic rings. The van der Waals surface area contributed by atoms with E-state index in [1.54, 1.807) is 30.5 Å². The second-order valence-electron chi connectivity index (χ2n) is 6.53. The van der Waals surface area contributed by atoms with Gasteiger partial charge in [0.05, 0.1) is 25.5 Å². The molecular weight excluding hydrogens is 513 g/mol. The molecule has 1 heterocycles. The number of thioether (sulfide) groups is 1. The smallest absolute Gasteiger partial charge is 0.475 e. The van der Waals surface area contributed by atoms with Gasteiger partial charge in [0.1, 0.15) is 5.84 Å². The molecule has 5 N–H and O–H groups in total. The van der Waals surface area contributed by atoms with E-state index in [9.17, 15) is 26.7 Å². The number of carbonyl (C=O) groups is 1. The Morgan fingerprint density at radius 3 is 2.29 bits per heavy atom. The van der Waals surface area contributed by atoms with E-state index in [-0.39, 0.29) is 22.2 Å². The fourth-order valence-corrected chi connectivity index (χ4v) is 6.62. The van der Waals surface area contributed by atoms with Crippen molar-refractivity contribution >= 4 is 44.7 Å². The van der Waals surface area contributed by atoms with E-state index < -0.39 is 22.0 Å². The van der Waals surface area contributed by atoms with Crippen molar-refractivity contribution < 1.29 is 36.6 Å². The van der Waals surface area contributed by atoms with Gasteiger partial charge in [0.25, 0.3) is 0 Å². The lowest BCUT2D eigenvalue weighted by molar-refractivity contribution is -0.192. The number of aliphatic carboxylic acids is 1. The second-order valence-corrected chi connectivity index (χ2v) is 10.6. The summed E-state index contributed by atoms with van der Waals surface area (Å²) in [5, 5.41) is 24.3. The molecule has 0 bridgehead atoms. The van der Waals surface area contributed by atoms with Crippen LogP contribution in [0.5, 0.6) is 0 Å². The van der Waals surface area contributed by atoms with Crippen LogP contribution in [0.15, 0.2) is 68.6 Å². The van der Waals surface area contributed by atoms with Crippen LogP contribution in [0, 0.1) is 5.41 Å². The summed E-state index contributed by atoms with van der Waals surface area (Å²) in [7, 11) is -3.77. The Morgan fingerprint density at radius 2 is 1.76 bits per heavy atom. The zero-order chi connectivity index (χ0) is 25.7. The first-order valence-corrected chi connectivity index (χ1v) is 12.7. The number of thiophene rings is 1. The van der Waals surface area contributed by atoms with Gasteiger partial charge in [-0.3, -0.25) is 5.41 Å². The van der Waals surface area contributed by atoms with Crippen molar-refractivity contribution in [1.29, 1.82) is 5.41 Å². The number of carboxylic acid groups (broad SMARTS) is 1. The number of halogens is 3. The van der Waals surface area contributed by atoms with Crippen LogP contribution in [0.2, 0.25) is 0 Å². The normalized spacial score (nSPS) is 11.4. The fourth-order valence-electron chi connectivity index (χ4n) is 2.72. The predicted molar refractivity (Wildman–Crippen MR) is 124 cm³/mol. The minimum atomic E-state index is -5.08. The molecule has 182 valence electrons. The molecule has 7 nitrogen and oxygen atoms in total. The van der Waals surface area contributed by atoms with E-state index in [0.717, 1.165) is 11.1 Å². The Balaban J connectivity index is 0.000000509. The Bertz CT molecular complexity index is 1300. The molecule has 0 fully saturated rings. The predicted octanol–water partition coefficient (Wildman–Crippen LogP) is 4.38. The highest BCUT2D eigenvalue weighted by Crippen LogP contribution is 2.37. The Kier molecular flexibility index (Phi) is 8.89. The monoisotopic (exact) mass is 532 g/mol. The van der Waals surface area contributed by atoms with Crippen molar-refractivity contribution in [3.63, 3.8) is 0 Å². The molecule has 0 unspecified atom stereocenters. The summed E-state index contributed by atoms with van der Waals surface area (Å²) >= 11 is 2.51. The van der Waals surface area contributed by atoms with Gasteiger partial charge in [0, 0.05) is 0 Å². The lowest BCUT2D eigenvalue weighted by Crippen LogP contribution is -2.21. The van der Waals surface area contributed by atoms with Crippen molar-refractivity contribution in [2.75, 3.05) is 6.26 Å². The number of benzene rings is 2. The number of alkyl halides is 3. The number of hydrogen-bond donors (Lipinski definition) is 4. The highest BCUT2D eigenvalue weighted by atomic mass is 32.2. The topological polar surface area (TPSA) is 142 Å². The van der Waals surface area contributed by atoms with Crippen LogP contribution in [-0.2, 0) is 21.2 Å². The molecule has 0 saturated heterocycles. The van der Waals surface area contributed by atoms with Gasteiger partial charge in [-0.25, -0.2) is 13.2 Å². The van der Waals surface area contributed by atoms with Gasteiger partial charge >= 0.3 is 12.1 Å². The first-order chi connectivity index (χ1) is 15.8. The minimum Gasteiger partial charge on any atom is -0.475 e. The summed E-state index contributed by atoms with van der Waals surface area (Å²) in [6, 6.07) is 15.5. The number of nitrogens with two attached hydrogens (primary N) is 1. The molecule has 0 radical (unpaired) electrons. The van der Waals surface area contributed by atoms with Crippen molar-refractivity contribution in [1.82, 2.24) is 0 Å². The summed E-state index contributed by atoms with van der Waals surface area (Å²) in [5.74, 6) is -2.91. The van der Waals surface area contributed by atoms with Gasteiger partial charge in [-0.15, -0.1) is 23.1 Å². The first-order valence-electron chi connectivity index (χ1n) is 9.19. The van der Waals surface area contributed by atoms with E-state index in [0.29, 0.717) is 14.6 Å². The highest BCUT2D eigenvalue weighted by Gasteiger charge is 2.38. The van der Waals surface area contributed by atoms with Gasteiger partial charge < -0.3 is 15.9 Å². The molecule has 13 heteroatoms. The van der Waals surface area contributed by atoms with E-state index in [1.165, 1.54) is 29.2 Å². The Labute approximate surface area is 201 Å². The summed E-state index contributed by atoms with van der Waals surface area (Å²) in [5.41, 5.74) is 7.76. The van der Waals surface area contributed by atoms with Crippen molar-refractivity contribution in [2.45, 2.75) is 26.8 Å². The van der Waals surface area contributed by atoms with Crippen LogP contribution in [0.3, 0.4) is 0 Å². The van der Waals surface area contributed by atoms with E-state index in [2.05, 4.69) is 0 Å². The number of rotatable bonds is 6. The third-order valence-corrected chi connectivity index (χ3v) is 8.63. The molecule has 0 saturated carbocycles. The van der Waals surface area contributed by atoms with Crippen molar-refractivity contribution in [2.24, 2.45) is 5.73 Å². The maximum absolute atomic E-state index is 13.2. The summed E-state index contributed by atoms with van der Waals surface area (Å²) in [4.78, 5) is 9.65. The van der Waals surface area contributed by atoms with Crippen LogP contribution >= 0.6 is 23.1 Å². The minimum absolute atomic E-state index is 0.129. The molecule has 1 aromatic heterocycles. The average molecular weight is 533 g/mol. The number of amidine groups is 1. The lowest BCUT2D eigenvalue weighted by atomic mass is 10.0. The molecule has 0 atom stereocenters. The number of aliphatic hydroxyl groups is 1. The second kappa shape index (κ2) is 11.0. The van der Waals surface area contributed by atoms with E-state index in [4.69, 9.17) is 21.0 Å². The van der Waals surface area contributed by atoms with Gasteiger partial charge in [-0.1, -0.05) is 36.4 Å². The van der Waals surface area contributed by atoms with Crippen LogP contribution in [-0.4, -0.2) is 42.9 Å². The van der Waals surface area contributed by atoms with Gasteiger partial charge in [-0.2, -0.15) is 13.2 Å². The third kappa shape index (κ3) is 6.38. The van der Waals surface area contributed by atoms with Crippen molar-refractivity contribution in [3.8, 4) is 11.1 Å². The van der Waals surface area contributed by atoms with Gasteiger partial charge in [0.15, 0.2) is 0 Å². The van der Waals surface area contributed by atoms with Crippen LogP contribution in [0.4, 0.5) is 13.2 Å². The van der Waals surface area contributed by atoms with Crippen LogP contribution in [0.25, 0.3) is 11.1 Å². The van der Waals surface area contributed by atoms with Crippen molar-refractivity contribution in [3.05, 3.63) is 65.0 Å². The zero-order valence-electron chi connectivity index (χ0n) is 17.5. The summed E-state index contributed by atoms with van der Waals surface area (Å²) < 4.78 is 58.8. The molecule has 34 heavy (non-hydrogen) atoms. The quantitative estimate of drug-likeness (QED) is 0.210. The SMILES string of the molecule is CSc1sc(C(=N)N)cc1S(=O)(=O)c1cccc(-c2ccccc2CO)c1.O=C(O)C(F)(F)F. The fraction of sp³-hybridized carbons (Fsp3) is 0.143. The van der Waals surface area contributed by atoms with E-state index >= 15 is 0 Å². The number of sulfone groups is 1. The molecule has 0 spiro atoms. The van der Waals surface area contributed by atoms with Crippen LogP contribution in [0.1, 0.15) is 10.4 Å². The standard InChI is InChI=1S/C19H18N2O3S3.C2HF3O2/c1-25-19-17(10-16(26-19)18(20)21)27(23,24)14-7-4-6-12(9-14)15-8-3-2-5-13(15)11-22;3-2(4,5)1(6)7/h2-10,22H,11H2,1H3,(H3,20,21);(H,6,7). The van der Waals surface area contributed by atoms with Crippen LogP contribution < -0.4 is 5.73 Å². The largest absolute Gasteiger partial charge is 0.490 e. The van der Waals surface area contributed by atoms with Gasteiger partial charge in [0.2, 0.25) is 9.84 Å². The summed E-state index contributed by atoms with van der Waals surface area (Å²) in [6.07, 6.45) is -3.29. The number of nitrogens with one attached hydrogen (secondary N) is 1. The molecule has 0 aliphatic carbocycles. The first kappa shape index (κ1) is 27.4. The average Bonchev–Trinajstić information content (AvgIpc) is 3.25. The number of carboxylic acids is 1. The number of aliphatic hydroxyl groups excluding tert-OH is 1. The lowest BCUT2D eigenvalue weighted by Gasteiger charge is -2.10. The molecule has 0 amide bonds. The maximum atomic E-state index is 13.2. The Hall–Kier alpha value is -2.87. The molecular formula is C21H19F3N2O5S3. The Morgan fingerprint density at radius 1 is 1.15 bits per heavy atom. The molecule has 3 rings (SSSR count). The van der Waals surface area contributed by atoms with E-state index in [1.807, 2.05) is 24.3 Å².